The van der Waals surface area contributed by atoms with Crippen molar-refractivity contribution in [3.8, 4) is 0 Å². The van der Waals surface area contributed by atoms with E-state index in [9.17, 15) is 5.11 Å². The van der Waals surface area contributed by atoms with Crippen LogP contribution in [0.5, 0.6) is 0 Å². The Kier molecular flexibility index (Phi) is 5.00. The molecule has 0 amide bonds. The van der Waals surface area contributed by atoms with Gasteiger partial charge in [0.05, 0.1) is 19.0 Å². The first-order chi connectivity index (χ1) is 8.19. The highest BCUT2D eigenvalue weighted by atomic mass is 28.4. The van der Waals surface area contributed by atoms with Crippen molar-refractivity contribution in [1.82, 2.24) is 0 Å². The summed E-state index contributed by atoms with van der Waals surface area (Å²) in [6.07, 6.45) is 2.06. The first-order valence-corrected chi connectivity index (χ1v) is 9.27. The molecule has 3 unspecified atom stereocenters. The van der Waals surface area contributed by atoms with Crippen molar-refractivity contribution < 1.29 is 19.0 Å². The highest BCUT2D eigenvalue weighted by molar-refractivity contribution is 6.74. The Bertz CT molecular complexity index is 296. The number of rotatable bonds is 4. The molecule has 0 saturated heterocycles. The van der Waals surface area contributed by atoms with E-state index in [0.29, 0.717) is 6.61 Å². The van der Waals surface area contributed by atoms with Gasteiger partial charge in [0.25, 0.3) is 0 Å². The van der Waals surface area contributed by atoms with Crippen molar-refractivity contribution in [3.05, 3.63) is 12.3 Å². The fraction of sp³-hybridized carbons (Fsp3) is 0.846. The van der Waals surface area contributed by atoms with Crippen molar-refractivity contribution in [3.63, 3.8) is 0 Å². The van der Waals surface area contributed by atoms with Crippen molar-refractivity contribution in [1.29, 1.82) is 0 Å². The maximum atomic E-state index is 10.2. The predicted molar refractivity (Wildman–Crippen MR) is 74.0 cm³/mol. The van der Waals surface area contributed by atoms with Crippen LogP contribution in [-0.4, -0.2) is 45.5 Å². The minimum absolute atomic E-state index is 0.121. The lowest BCUT2D eigenvalue weighted by atomic mass is 10.1. The van der Waals surface area contributed by atoms with Crippen LogP contribution < -0.4 is 0 Å². The molecule has 18 heavy (non-hydrogen) atoms. The summed E-state index contributed by atoms with van der Waals surface area (Å²) in [5, 5.41) is 10.4. The maximum absolute atomic E-state index is 10.2. The van der Waals surface area contributed by atoms with Gasteiger partial charge in [-0.25, -0.2) is 0 Å². The van der Waals surface area contributed by atoms with E-state index in [1.807, 2.05) is 0 Å². The number of aliphatic hydroxyl groups excluding tert-OH is 1. The summed E-state index contributed by atoms with van der Waals surface area (Å²) in [6, 6.07) is 0. The molecule has 3 atom stereocenters. The molecule has 1 rings (SSSR count). The number of hydrogen-bond acceptors (Lipinski definition) is 4. The van der Waals surface area contributed by atoms with E-state index in [-0.39, 0.29) is 17.2 Å². The highest BCUT2D eigenvalue weighted by Crippen LogP contribution is 2.38. The SMILES string of the molecule is COCC1OC=CC(O[Si](C)(C)C(C)(C)C)C1O. The largest absolute Gasteiger partial charge is 0.493 e. The van der Waals surface area contributed by atoms with Crippen molar-refractivity contribution in [2.45, 2.75) is 57.2 Å². The summed E-state index contributed by atoms with van der Waals surface area (Å²) < 4.78 is 16.6. The summed E-state index contributed by atoms with van der Waals surface area (Å²) in [5.74, 6) is 0. The average molecular weight is 274 g/mol. The van der Waals surface area contributed by atoms with E-state index >= 15 is 0 Å². The Balaban J connectivity index is 2.73. The van der Waals surface area contributed by atoms with Crippen LogP contribution in [0.2, 0.25) is 18.1 Å². The fourth-order valence-electron chi connectivity index (χ4n) is 1.56. The van der Waals surface area contributed by atoms with E-state index in [1.165, 1.54) is 0 Å². The maximum Gasteiger partial charge on any atom is 0.193 e. The molecule has 0 fully saturated rings. The summed E-state index contributed by atoms with van der Waals surface area (Å²) in [5.41, 5.74) is 0. The summed E-state index contributed by atoms with van der Waals surface area (Å²) in [6.45, 7) is 11.3. The van der Waals surface area contributed by atoms with Crippen LogP contribution in [-0.2, 0) is 13.9 Å². The Hall–Kier alpha value is -0.363. The highest BCUT2D eigenvalue weighted by Gasteiger charge is 2.42. The number of methoxy groups -OCH3 is 1. The molecule has 1 aliphatic rings. The molecule has 4 nitrogen and oxygen atoms in total. The van der Waals surface area contributed by atoms with E-state index < -0.39 is 14.4 Å². The molecule has 1 aliphatic heterocycles. The molecular formula is C13H26O4Si. The zero-order valence-corrected chi connectivity index (χ0v) is 13.3. The zero-order chi connectivity index (χ0) is 14.0. The lowest BCUT2D eigenvalue weighted by molar-refractivity contribution is -0.0833. The minimum atomic E-state index is -1.89. The molecule has 0 radical (unpaired) electrons. The van der Waals surface area contributed by atoms with Gasteiger partial charge in [0.2, 0.25) is 0 Å². The van der Waals surface area contributed by atoms with Gasteiger partial charge in [-0.2, -0.15) is 0 Å². The zero-order valence-electron chi connectivity index (χ0n) is 12.3. The van der Waals surface area contributed by atoms with Crippen LogP contribution in [0, 0.1) is 0 Å². The van der Waals surface area contributed by atoms with Crippen LogP contribution in [0.3, 0.4) is 0 Å². The van der Waals surface area contributed by atoms with Gasteiger partial charge in [0.15, 0.2) is 8.32 Å². The second-order valence-electron chi connectivity index (χ2n) is 6.29. The minimum Gasteiger partial charge on any atom is -0.493 e. The van der Waals surface area contributed by atoms with Gasteiger partial charge >= 0.3 is 0 Å². The molecule has 0 saturated carbocycles. The van der Waals surface area contributed by atoms with Gasteiger partial charge < -0.3 is 19.0 Å². The topological polar surface area (TPSA) is 47.9 Å². The quantitative estimate of drug-likeness (QED) is 0.799. The fourth-order valence-corrected chi connectivity index (χ4v) is 2.81. The molecule has 106 valence electrons. The van der Waals surface area contributed by atoms with Gasteiger partial charge in [-0.15, -0.1) is 0 Å². The smallest absolute Gasteiger partial charge is 0.193 e. The van der Waals surface area contributed by atoms with Crippen LogP contribution in [0.25, 0.3) is 0 Å². The molecule has 1 heterocycles. The standard InChI is InChI=1S/C13H26O4Si/c1-13(2,3)18(5,6)17-10-7-8-16-11(9-15-4)12(10)14/h7-8,10-12,14H,9H2,1-6H3. The molecule has 0 bridgehead atoms. The third kappa shape index (κ3) is 3.57. The molecule has 0 aromatic rings. The van der Waals surface area contributed by atoms with E-state index in [2.05, 4.69) is 33.9 Å². The van der Waals surface area contributed by atoms with Gasteiger partial charge in [0, 0.05) is 7.11 Å². The first kappa shape index (κ1) is 15.7. The summed E-state index contributed by atoms with van der Waals surface area (Å²) in [7, 11) is -0.299. The molecule has 0 spiro atoms. The summed E-state index contributed by atoms with van der Waals surface area (Å²) >= 11 is 0. The second kappa shape index (κ2) is 5.73. The Labute approximate surface area is 111 Å². The normalized spacial score (nSPS) is 29.2. The van der Waals surface area contributed by atoms with E-state index in [4.69, 9.17) is 13.9 Å². The number of hydrogen-bond donors (Lipinski definition) is 1. The number of aliphatic hydroxyl groups is 1. The van der Waals surface area contributed by atoms with Gasteiger partial charge in [-0.3, -0.25) is 0 Å². The molecule has 0 aliphatic carbocycles. The van der Waals surface area contributed by atoms with E-state index in [0.717, 1.165) is 0 Å². The monoisotopic (exact) mass is 274 g/mol. The van der Waals surface area contributed by atoms with Gasteiger partial charge in [-0.1, -0.05) is 20.8 Å². The third-order valence-electron chi connectivity index (χ3n) is 3.81. The summed E-state index contributed by atoms with van der Waals surface area (Å²) in [4.78, 5) is 0. The van der Waals surface area contributed by atoms with Crippen molar-refractivity contribution in [2.75, 3.05) is 13.7 Å². The number of ether oxygens (including phenoxy) is 2. The van der Waals surface area contributed by atoms with Gasteiger partial charge in [0.1, 0.15) is 12.2 Å². The molecule has 0 aromatic heterocycles. The third-order valence-corrected chi connectivity index (χ3v) is 8.28. The van der Waals surface area contributed by atoms with Crippen LogP contribution in [0.4, 0.5) is 0 Å². The molecular weight excluding hydrogens is 248 g/mol. The predicted octanol–water partition coefficient (Wildman–Crippen LogP) is 2.30. The lowest BCUT2D eigenvalue weighted by Crippen LogP contribution is -2.51. The van der Waals surface area contributed by atoms with Crippen molar-refractivity contribution >= 4 is 8.32 Å². The Morgan fingerprint density at radius 1 is 1.33 bits per heavy atom. The average Bonchev–Trinajstić information content (AvgIpc) is 2.22. The lowest BCUT2D eigenvalue weighted by Gasteiger charge is -2.41. The first-order valence-electron chi connectivity index (χ1n) is 6.36. The molecule has 0 aromatic carbocycles. The molecule has 5 heteroatoms. The van der Waals surface area contributed by atoms with Gasteiger partial charge in [-0.05, 0) is 24.2 Å². The Morgan fingerprint density at radius 2 is 1.94 bits per heavy atom. The second-order valence-corrected chi connectivity index (χ2v) is 11.0. The van der Waals surface area contributed by atoms with E-state index in [1.54, 1.807) is 19.4 Å². The van der Waals surface area contributed by atoms with Crippen LogP contribution >= 0.6 is 0 Å². The van der Waals surface area contributed by atoms with Crippen LogP contribution in [0.15, 0.2) is 12.3 Å². The van der Waals surface area contributed by atoms with Crippen molar-refractivity contribution in [2.24, 2.45) is 0 Å². The van der Waals surface area contributed by atoms with Crippen LogP contribution in [0.1, 0.15) is 20.8 Å². The molecule has 1 N–H and O–H groups in total. The Morgan fingerprint density at radius 3 is 2.44 bits per heavy atom.